The van der Waals surface area contributed by atoms with E-state index in [1.165, 1.54) is 11.3 Å². The van der Waals surface area contributed by atoms with E-state index in [2.05, 4.69) is 62.3 Å². The van der Waals surface area contributed by atoms with Crippen molar-refractivity contribution in [1.29, 1.82) is 0 Å². The minimum absolute atomic E-state index is 0.991. The van der Waals surface area contributed by atoms with E-state index in [4.69, 9.17) is 0 Å². The third-order valence-corrected chi connectivity index (χ3v) is 3.32. The first kappa shape index (κ1) is 9.84. The van der Waals surface area contributed by atoms with E-state index in [0.717, 1.165) is 9.35 Å². The Morgan fingerprint density at radius 3 is 2.56 bits per heavy atom. The van der Waals surface area contributed by atoms with E-state index in [1.54, 1.807) is 0 Å². The number of hydrogen-bond donors (Lipinski definition) is 0. The van der Waals surface area contributed by atoms with Crippen molar-refractivity contribution in [1.82, 2.24) is 9.38 Å². The number of benzene rings is 1. The number of pyridine rings is 1. The van der Waals surface area contributed by atoms with E-state index >= 15 is 0 Å². The molecule has 78 valence electrons. The highest BCUT2D eigenvalue weighted by atomic mass is 127. The van der Waals surface area contributed by atoms with Crippen LogP contribution < -0.4 is 0 Å². The first-order valence-electron chi connectivity index (χ1n) is 5.03. The van der Waals surface area contributed by atoms with Crippen LogP contribution in [0.5, 0.6) is 0 Å². The van der Waals surface area contributed by atoms with Crippen molar-refractivity contribution >= 4 is 28.2 Å². The van der Waals surface area contributed by atoms with Crippen LogP contribution in [0.25, 0.3) is 16.9 Å². The topological polar surface area (TPSA) is 17.3 Å². The first-order chi connectivity index (χ1) is 7.86. The molecule has 0 aliphatic rings. The zero-order valence-electron chi connectivity index (χ0n) is 8.47. The van der Waals surface area contributed by atoms with Crippen LogP contribution in [0.3, 0.4) is 0 Å². The summed E-state index contributed by atoms with van der Waals surface area (Å²) in [5.41, 5.74) is 3.38. The zero-order valence-corrected chi connectivity index (χ0v) is 10.6. The van der Waals surface area contributed by atoms with Gasteiger partial charge < -0.3 is 0 Å². The molecule has 2 aromatic heterocycles. The van der Waals surface area contributed by atoms with Crippen molar-refractivity contribution in [3.8, 4) is 11.3 Å². The SMILES string of the molecule is Ic1cnc2cccc(-c3ccccc3)n12. The highest BCUT2D eigenvalue weighted by molar-refractivity contribution is 14.1. The highest BCUT2D eigenvalue weighted by Gasteiger charge is 2.06. The predicted octanol–water partition coefficient (Wildman–Crippen LogP) is 3.61. The summed E-state index contributed by atoms with van der Waals surface area (Å²) in [6.45, 7) is 0. The molecular formula is C13H9IN2. The summed E-state index contributed by atoms with van der Waals surface area (Å²) in [5.74, 6) is 0. The van der Waals surface area contributed by atoms with Gasteiger partial charge in [-0.25, -0.2) is 4.98 Å². The van der Waals surface area contributed by atoms with Gasteiger partial charge in [-0.2, -0.15) is 0 Å². The van der Waals surface area contributed by atoms with Gasteiger partial charge in [0.25, 0.3) is 0 Å². The molecule has 0 saturated heterocycles. The number of fused-ring (bicyclic) bond motifs is 1. The number of rotatable bonds is 1. The molecule has 0 N–H and O–H groups in total. The summed E-state index contributed by atoms with van der Waals surface area (Å²) < 4.78 is 3.29. The van der Waals surface area contributed by atoms with Gasteiger partial charge in [-0.1, -0.05) is 36.4 Å². The molecule has 0 fully saturated rings. The minimum Gasteiger partial charge on any atom is -0.287 e. The fourth-order valence-corrected chi connectivity index (χ4v) is 2.48. The molecule has 0 aliphatic heterocycles. The molecular weight excluding hydrogens is 311 g/mol. The molecule has 0 atom stereocenters. The molecule has 0 saturated carbocycles. The number of halogens is 1. The Hall–Kier alpha value is -1.36. The molecule has 16 heavy (non-hydrogen) atoms. The fraction of sp³-hybridized carbons (Fsp3) is 0. The maximum absolute atomic E-state index is 4.36. The van der Waals surface area contributed by atoms with Crippen molar-refractivity contribution in [2.75, 3.05) is 0 Å². The lowest BCUT2D eigenvalue weighted by Gasteiger charge is -2.06. The van der Waals surface area contributed by atoms with E-state index in [1.807, 2.05) is 24.4 Å². The smallest absolute Gasteiger partial charge is 0.138 e. The lowest BCUT2D eigenvalue weighted by Crippen LogP contribution is -1.93. The molecule has 1 aromatic carbocycles. The summed E-state index contributed by atoms with van der Waals surface area (Å²) in [6, 6.07) is 16.6. The molecule has 0 radical (unpaired) electrons. The minimum atomic E-state index is 0.991. The maximum Gasteiger partial charge on any atom is 0.138 e. The quantitative estimate of drug-likeness (QED) is 0.626. The molecule has 0 unspecified atom stereocenters. The number of nitrogens with zero attached hydrogens (tertiary/aromatic N) is 2. The van der Waals surface area contributed by atoms with Crippen LogP contribution in [0.1, 0.15) is 0 Å². The Labute approximate surface area is 107 Å². The Morgan fingerprint density at radius 1 is 0.938 bits per heavy atom. The van der Waals surface area contributed by atoms with Crippen LogP contribution in [0.15, 0.2) is 54.7 Å². The molecule has 0 bridgehead atoms. The molecule has 3 heteroatoms. The average molecular weight is 320 g/mol. The van der Waals surface area contributed by atoms with Gasteiger partial charge >= 0.3 is 0 Å². The van der Waals surface area contributed by atoms with Crippen molar-refractivity contribution in [3.63, 3.8) is 0 Å². The standard InChI is InChI=1S/C13H9IN2/c14-12-9-15-13-8-4-7-11(16(12)13)10-5-2-1-3-6-10/h1-9H. The lowest BCUT2D eigenvalue weighted by atomic mass is 10.1. The maximum atomic E-state index is 4.36. The molecule has 3 aromatic rings. The van der Waals surface area contributed by atoms with E-state index < -0.39 is 0 Å². The summed E-state index contributed by atoms with van der Waals surface area (Å²) >= 11 is 2.31. The first-order valence-corrected chi connectivity index (χ1v) is 6.11. The van der Waals surface area contributed by atoms with E-state index in [-0.39, 0.29) is 0 Å². The molecule has 2 nitrogen and oxygen atoms in total. The third-order valence-electron chi connectivity index (χ3n) is 2.56. The summed E-state index contributed by atoms with van der Waals surface area (Å²) in [6.07, 6.45) is 1.89. The average Bonchev–Trinajstić information content (AvgIpc) is 2.73. The van der Waals surface area contributed by atoms with Crippen LogP contribution in [-0.4, -0.2) is 9.38 Å². The Bertz CT molecular complexity index is 629. The van der Waals surface area contributed by atoms with Gasteiger partial charge in [0.05, 0.1) is 11.9 Å². The van der Waals surface area contributed by atoms with Gasteiger partial charge in [0.15, 0.2) is 0 Å². The van der Waals surface area contributed by atoms with Crippen LogP contribution in [0.4, 0.5) is 0 Å². The summed E-state index contributed by atoms with van der Waals surface area (Å²) in [5, 5.41) is 0. The van der Waals surface area contributed by atoms with Gasteiger partial charge in [0, 0.05) is 0 Å². The monoisotopic (exact) mass is 320 g/mol. The van der Waals surface area contributed by atoms with Gasteiger partial charge in [-0.05, 0) is 40.3 Å². The fourth-order valence-electron chi connectivity index (χ4n) is 1.83. The predicted molar refractivity (Wildman–Crippen MR) is 73.3 cm³/mol. The normalized spacial score (nSPS) is 10.8. The second-order valence-corrected chi connectivity index (χ2v) is 4.66. The van der Waals surface area contributed by atoms with Crippen molar-refractivity contribution in [2.24, 2.45) is 0 Å². The lowest BCUT2D eigenvalue weighted by molar-refractivity contribution is 1.16. The second-order valence-electron chi connectivity index (χ2n) is 3.55. The van der Waals surface area contributed by atoms with Gasteiger partial charge in [-0.15, -0.1) is 0 Å². The zero-order chi connectivity index (χ0) is 11.0. The molecule has 0 spiro atoms. The molecule has 2 heterocycles. The molecule has 0 amide bonds. The number of hydrogen-bond acceptors (Lipinski definition) is 1. The van der Waals surface area contributed by atoms with E-state index in [9.17, 15) is 0 Å². The molecule has 3 rings (SSSR count). The Kier molecular flexibility index (Phi) is 2.40. The summed E-state index contributed by atoms with van der Waals surface area (Å²) in [4.78, 5) is 4.36. The van der Waals surface area contributed by atoms with Crippen LogP contribution >= 0.6 is 22.6 Å². The third kappa shape index (κ3) is 1.51. The van der Waals surface area contributed by atoms with Gasteiger partial charge in [-0.3, -0.25) is 4.40 Å². The Balaban J connectivity index is 2.36. The van der Waals surface area contributed by atoms with Crippen molar-refractivity contribution < 1.29 is 0 Å². The molecule has 0 aliphatic carbocycles. The van der Waals surface area contributed by atoms with E-state index in [0.29, 0.717) is 0 Å². The van der Waals surface area contributed by atoms with Crippen LogP contribution in [-0.2, 0) is 0 Å². The largest absolute Gasteiger partial charge is 0.287 e. The van der Waals surface area contributed by atoms with Crippen molar-refractivity contribution in [2.45, 2.75) is 0 Å². The van der Waals surface area contributed by atoms with Gasteiger partial charge in [0.2, 0.25) is 0 Å². The second kappa shape index (κ2) is 3.90. The highest BCUT2D eigenvalue weighted by Crippen LogP contribution is 2.22. The van der Waals surface area contributed by atoms with Crippen LogP contribution in [0, 0.1) is 3.70 Å². The van der Waals surface area contributed by atoms with Crippen molar-refractivity contribution in [3.05, 3.63) is 58.4 Å². The summed E-state index contributed by atoms with van der Waals surface area (Å²) in [7, 11) is 0. The van der Waals surface area contributed by atoms with Crippen LogP contribution in [0.2, 0.25) is 0 Å². The Morgan fingerprint density at radius 2 is 1.75 bits per heavy atom. The number of imidazole rings is 1. The number of aromatic nitrogens is 2. The van der Waals surface area contributed by atoms with Gasteiger partial charge in [0.1, 0.15) is 9.35 Å².